The highest BCUT2D eigenvalue weighted by Crippen LogP contribution is 2.26. The maximum atomic E-state index is 12.4. The van der Waals surface area contributed by atoms with Gasteiger partial charge in [-0.3, -0.25) is 4.79 Å². The van der Waals surface area contributed by atoms with Gasteiger partial charge >= 0.3 is 0 Å². The number of hydrogen-bond donors (Lipinski definition) is 3. The second-order valence-electron chi connectivity index (χ2n) is 6.26. The lowest BCUT2D eigenvalue weighted by molar-refractivity contribution is -0.117. The number of anilines is 1. The summed E-state index contributed by atoms with van der Waals surface area (Å²) in [5.41, 5.74) is 2.73. The number of benzene rings is 2. The summed E-state index contributed by atoms with van der Waals surface area (Å²) in [6.07, 6.45) is 2.78. The first-order valence-corrected chi connectivity index (χ1v) is 9.37. The Morgan fingerprint density at radius 2 is 2.04 bits per heavy atom. The van der Waals surface area contributed by atoms with Crippen LogP contribution in [0.3, 0.4) is 0 Å². The lowest BCUT2D eigenvalue weighted by atomic mass is 10.1. The Balaban J connectivity index is 1.55. The first-order chi connectivity index (χ1) is 13.0. The molecule has 0 aliphatic heterocycles. The quantitative estimate of drug-likeness (QED) is 0.536. The van der Waals surface area contributed by atoms with E-state index in [4.69, 9.17) is 27.9 Å². The van der Waals surface area contributed by atoms with Crippen LogP contribution in [0.15, 0.2) is 42.6 Å². The molecule has 3 aromatic rings. The smallest absolute Gasteiger partial charge is 0.241 e. The van der Waals surface area contributed by atoms with Crippen LogP contribution in [0.4, 0.5) is 5.69 Å². The number of ether oxygens (including phenoxy) is 1. The van der Waals surface area contributed by atoms with E-state index in [9.17, 15) is 4.79 Å². The Hall–Kier alpha value is -2.21. The van der Waals surface area contributed by atoms with Crippen LogP contribution in [0.2, 0.25) is 10.0 Å². The van der Waals surface area contributed by atoms with Crippen molar-refractivity contribution in [3.8, 4) is 5.75 Å². The third-order valence-corrected chi connectivity index (χ3v) is 4.96. The fourth-order valence-electron chi connectivity index (χ4n) is 2.85. The number of rotatable bonds is 7. The van der Waals surface area contributed by atoms with Crippen molar-refractivity contribution in [3.63, 3.8) is 0 Å². The fraction of sp³-hybridized carbons (Fsp3) is 0.250. The van der Waals surface area contributed by atoms with Crippen molar-refractivity contribution in [3.05, 3.63) is 58.2 Å². The Morgan fingerprint density at radius 1 is 1.22 bits per heavy atom. The summed E-state index contributed by atoms with van der Waals surface area (Å²) in [6, 6.07) is 10.5. The zero-order valence-corrected chi connectivity index (χ0v) is 16.6. The molecule has 1 atom stereocenters. The number of hydrogen-bond acceptors (Lipinski definition) is 3. The molecule has 3 rings (SSSR count). The van der Waals surface area contributed by atoms with Crippen LogP contribution in [0.5, 0.6) is 5.75 Å². The molecule has 0 fully saturated rings. The molecule has 27 heavy (non-hydrogen) atoms. The van der Waals surface area contributed by atoms with Gasteiger partial charge in [0.05, 0.1) is 23.9 Å². The van der Waals surface area contributed by atoms with Gasteiger partial charge in [-0.25, -0.2) is 0 Å². The maximum Gasteiger partial charge on any atom is 0.241 e. The SMILES string of the molecule is COc1ccc2c(CCNC(C)C(=O)Nc3cc(Cl)ccc3Cl)c[nH]c2c1. The number of aromatic amines is 1. The number of H-pyrrole nitrogens is 1. The molecule has 1 amide bonds. The predicted octanol–water partition coefficient (Wildman–Crippen LogP) is 4.64. The zero-order valence-electron chi connectivity index (χ0n) is 15.1. The molecule has 1 aromatic heterocycles. The predicted molar refractivity (Wildman–Crippen MR) is 111 cm³/mol. The van der Waals surface area contributed by atoms with Gasteiger partial charge in [-0.2, -0.15) is 0 Å². The molecule has 2 aromatic carbocycles. The first-order valence-electron chi connectivity index (χ1n) is 8.61. The van der Waals surface area contributed by atoms with Crippen LogP contribution < -0.4 is 15.4 Å². The van der Waals surface area contributed by atoms with E-state index in [0.717, 1.165) is 23.1 Å². The van der Waals surface area contributed by atoms with Crippen molar-refractivity contribution >= 4 is 45.7 Å². The maximum absolute atomic E-state index is 12.4. The lowest BCUT2D eigenvalue weighted by Crippen LogP contribution is -2.39. The second-order valence-corrected chi connectivity index (χ2v) is 7.11. The molecular weight excluding hydrogens is 385 g/mol. The summed E-state index contributed by atoms with van der Waals surface area (Å²) in [7, 11) is 1.65. The fourth-order valence-corrected chi connectivity index (χ4v) is 3.19. The Morgan fingerprint density at radius 3 is 2.81 bits per heavy atom. The Kier molecular flexibility index (Phi) is 6.26. The molecule has 0 spiro atoms. The number of carbonyl (C=O) groups excluding carboxylic acids is 1. The number of aromatic nitrogens is 1. The monoisotopic (exact) mass is 405 g/mol. The van der Waals surface area contributed by atoms with Crippen molar-refractivity contribution in [1.82, 2.24) is 10.3 Å². The minimum Gasteiger partial charge on any atom is -0.497 e. The summed E-state index contributed by atoms with van der Waals surface area (Å²) in [5, 5.41) is 8.16. The average molecular weight is 406 g/mol. The summed E-state index contributed by atoms with van der Waals surface area (Å²) in [5.74, 6) is 0.654. The van der Waals surface area contributed by atoms with E-state index < -0.39 is 0 Å². The highest BCUT2D eigenvalue weighted by molar-refractivity contribution is 6.35. The molecule has 3 N–H and O–H groups in total. The van der Waals surface area contributed by atoms with E-state index in [1.165, 1.54) is 5.56 Å². The topological polar surface area (TPSA) is 66.2 Å². The second kappa shape index (κ2) is 8.65. The molecule has 1 heterocycles. The molecule has 0 bridgehead atoms. The highest BCUT2D eigenvalue weighted by atomic mass is 35.5. The van der Waals surface area contributed by atoms with Gasteiger partial charge in [0, 0.05) is 28.2 Å². The molecule has 0 saturated carbocycles. The summed E-state index contributed by atoms with van der Waals surface area (Å²) >= 11 is 12.0. The van der Waals surface area contributed by atoms with E-state index in [0.29, 0.717) is 22.3 Å². The zero-order chi connectivity index (χ0) is 19.4. The van der Waals surface area contributed by atoms with Crippen LogP contribution >= 0.6 is 23.2 Å². The minimum absolute atomic E-state index is 0.164. The number of carbonyl (C=O) groups is 1. The molecule has 0 radical (unpaired) electrons. The van der Waals surface area contributed by atoms with Crippen LogP contribution in [-0.4, -0.2) is 30.6 Å². The molecule has 142 valence electrons. The van der Waals surface area contributed by atoms with Gasteiger partial charge in [-0.05, 0) is 55.8 Å². The summed E-state index contributed by atoms with van der Waals surface area (Å²) in [6.45, 7) is 2.48. The number of halogens is 2. The largest absolute Gasteiger partial charge is 0.497 e. The number of methoxy groups -OCH3 is 1. The van der Waals surface area contributed by atoms with Gasteiger partial charge in [-0.1, -0.05) is 23.2 Å². The van der Waals surface area contributed by atoms with E-state index in [-0.39, 0.29) is 11.9 Å². The van der Waals surface area contributed by atoms with E-state index >= 15 is 0 Å². The number of nitrogens with one attached hydrogen (secondary N) is 3. The van der Waals surface area contributed by atoms with Crippen molar-refractivity contribution in [2.45, 2.75) is 19.4 Å². The van der Waals surface area contributed by atoms with Crippen LogP contribution in [0, 0.1) is 0 Å². The highest BCUT2D eigenvalue weighted by Gasteiger charge is 2.14. The normalized spacial score (nSPS) is 12.1. The Labute approximate surface area is 168 Å². The minimum atomic E-state index is -0.370. The average Bonchev–Trinajstić information content (AvgIpc) is 3.06. The third-order valence-electron chi connectivity index (χ3n) is 4.40. The van der Waals surface area contributed by atoms with Gasteiger partial charge in [0.15, 0.2) is 0 Å². The summed E-state index contributed by atoms with van der Waals surface area (Å²) < 4.78 is 5.24. The first kappa shape index (κ1) is 19.5. The van der Waals surface area contributed by atoms with Crippen molar-refractivity contribution in [2.24, 2.45) is 0 Å². The van der Waals surface area contributed by atoms with Crippen LogP contribution in [0.25, 0.3) is 10.9 Å². The molecule has 0 aliphatic carbocycles. The number of fused-ring (bicyclic) bond motifs is 1. The van der Waals surface area contributed by atoms with Crippen molar-refractivity contribution < 1.29 is 9.53 Å². The lowest BCUT2D eigenvalue weighted by Gasteiger charge is -2.15. The Bertz CT molecular complexity index is 956. The van der Waals surface area contributed by atoms with E-state index in [1.807, 2.05) is 31.3 Å². The van der Waals surface area contributed by atoms with Crippen LogP contribution in [0.1, 0.15) is 12.5 Å². The van der Waals surface area contributed by atoms with E-state index in [1.54, 1.807) is 25.3 Å². The summed E-state index contributed by atoms with van der Waals surface area (Å²) in [4.78, 5) is 15.6. The number of amides is 1. The van der Waals surface area contributed by atoms with Gasteiger partial charge in [-0.15, -0.1) is 0 Å². The van der Waals surface area contributed by atoms with Gasteiger partial charge in [0.25, 0.3) is 0 Å². The van der Waals surface area contributed by atoms with Crippen molar-refractivity contribution in [2.75, 3.05) is 19.0 Å². The molecule has 1 unspecified atom stereocenters. The van der Waals surface area contributed by atoms with Crippen molar-refractivity contribution in [1.29, 1.82) is 0 Å². The molecule has 7 heteroatoms. The van der Waals surface area contributed by atoms with Gasteiger partial charge in [0.1, 0.15) is 5.75 Å². The van der Waals surface area contributed by atoms with Gasteiger partial charge in [0.2, 0.25) is 5.91 Å². The third kappa shape index (κ3) is 4.75. The molecular formula is C20H21Cl2N3O2. The van der Waals surface area contributed by atoms with Crippen LogP contribution in [-0.2, 0) is 11.2 Å². The molecule has 0 saturated heterocycles. The van der Waals surface area contributed by atoms with Gasteiger partial charge < -0.3 is 20.4 Å². The standard InChI is InChI=1S/C20H21Cl2N3O2/c1-12(20(26)25-19-9-14(21)3-6-17(19)22)23-8-7-13-11-24-18-10-15(27-2)4-5-16(13)18/h3-6,9-12,23-24H,7-8H2,1-2H3,(H,25,26). The molecule has 0 aliphatic rings. The molecule has 5 nitrogen and oxygen atoms in total. The van der Waals surface area contributed by atoms with E-state index in [2.05, 4.69) is 15.6 Å².